The fraction of sp³-hybridized carbons (Fsp3) is 0.375. The van der Waals surface area contributed by atoms with Crippen molar-refractivity contribution in [3.8, 4) is 0 Å². The first-order valence-corrected chi connectivity index (χ1v) is 7.13. The second-order valence-corrected chi connectivity index (χ2v) is 5.72. The Kier molecular flexibility index (Phi) is 3.49. The Bertz CT molecular complexity index is 617. The minimum absolute atomic E-state index is 0.0182. The monoisotopic (exact) mass is 287 g/mol. The van der Waals surface area contributed by atoms with Crippen molar-refractivity contribution in [1.82, 2.24) is 14.9 Å². The first kappa shape index (κ1) is 13.8. The summed E-state index contributed by atoms with van der Waals surface area (Å²) in [6.07, 6.45) is 6.96. The van der Waals surface area contributed by atoms with Crippen LogP contribution in [0.3, 0.4) is 0 Å². The molecular weight excluding hydrogens is 269 g/mol. The second-order valence-electron chi connectivity index (χ2n) is 5.72. The van der Waals surface area contributed by atoms with E-state index >= 15 is 0 Å². The van der Waals surface area contributed by atoms with Gasteiger partial charge in [-0.2, -0.15) is 0 Å². The van der Waals surface area contributed by atoms with E-state index in [1.807, 2.05) is 17.7 Å². The average molecular weight is 287 g/mol. The van der Waals surface area contributed by atoms with Gasteiger partial charge < -0.3 is 9.88 Å². The number of hydrogen-bond donors (Lipinski definition) is 1. The summed E-state index contributed by atoms with van der Waals surface area (Å²) in [5, 5.41) is 3.05. The van der Waals surface area contributed by atoms with Crippen molar-refractivity contribution < 1.29 is 9.18 Å². The highest BCUT2D eigenvalue weighted by molar-refractivity contribution is 5.91. The molecule has 2 aromatic rings. The number of nitrogens with zero attached hydrogens (tertiary/aromatic N) is 2. The van der Waals surface area contributed by atoms with Gasteiger partial charge in [-0.3, -0.25) is 4.79 Å². The minimum atomic E-state index is -0.461. The summed E-state index contributed by atoms with van der Waals surface area (Å²) in [6.45, 7) is 2.66. The Hall–Kier alpha value is -2.17. The van der Waals surface area contributed by atoms with Crippen LogP contribution < -0.4 is 5.32 Å². The van der Waals surface area contributed by atoms with E-state index in [-0.39, 0.29) is 17.8 Å². The molecule has 0 bridgehead atoms. The molecule has 1 fully saturated rings. The van der Waals surface area contributed by atoms with E-state index in [9.17, 15) is 9.18 Å². The van der Waals surface area contributed by atoms with Crippen molar-refractivity contribution in [2.75, 3.05) is 0 Å². The Morgan fingerprint density at radius 3 is 2.71 bits per heavy atom. The zero-order valence-corrected chi connectivity index (χ0v) is 11.9. The minimum Gasteiger partial charge on any atom is -0.351 e. The molecule has 1 atom stereocenters. The zero-order valence-electron chi connectivity index (χ0n) is 11.9. The highest BCUT2D eigenvalue weighted by Gasteiger charge is 2.51. The van der Waals surface area contributed by atoms with Gasteiger partial charge in [0.2, 0.25) is 5.91 Å². The smallest absolute Gasteiger partial charge is 0.230 e. The lowest BCUT2D eigenvalue weighted by Crippen LogP contribution is -2.41. The second kappa shape index (κ2) is 5.31. The van der Waals surface area contributed by atoms with E-state index in [0.717, 1.165) is 18.4 Å². The van der Waals surface area contributed by atoms with Gasteiger partial charge in [0, 0.05) is 25.0 Å². The van der Waals surface area contributed by atoms with Gasteiger partial charge in [0.25, 0.3) is 0 Å². The van der Waals surface area contributed by atoms with Crippen LogP contribution >= 0.6 is 0 Å². The Morgan fingerprint density at radius 2 is 2.14 bits per heavy atom. The largest absolute Gasteiger partial charge is 0.351 e. The molecule has 1 amide bonds. The molecule has 1 aromatic carbocycles. The van der Waals surface area contributed by atoms with Gasteiger partial charge >= 0.3 is 0 Å². The van der Waals surface area contributed by atoms with E-state index in [2.05, 4.69) is 10.3 Å². The molecule has 110 valence electrons. The number of imidazole rings is 1. The predicted molar refractivity (Wildman–Crippen MR) is 77.1 cm³/mol. The van der Waals surface area contributed by atoms with Crippen molar-refractivity contribution in [2.45, 2.75) is 37.8 Å². The lowest BCUT2D eigenvalue weighted by atomic mass is 9.94. The highest BCUT2D eigenvalue weighted by atomic mass is 19.1. The maximum atomic E-state index is 13.0. The third-order valence-electron chi connectivity index (χ3n) is 4.00. The normalized spacial score (nSPS) is 17.2. The van der Waals surface area contributed by atoms with Gasteiger partial charge in [-0.25, -0.2) is 9.37 Å². The Balaban J connectivity index is 1.66. The van der Waals surface area contributed by atoms with Crippen LogP contribution in [0.2, 0.25) is 0 Å². The number of rotatable bonds is 5. The number of amides is 1. The summed E-state index contributed by atoms with van der Waals surface area (Å²) < 4.78 is 14.9. The number of aromatic nitrogens is 2. The maximum Gasteiger partial charge on any atom is 0.230 e. The van der Waals surface area contributed by atoms with Crippen molar-refractivity contribution in [3.05, 3.63) is 54.4 Å². The summed E-state index contributed by atoms with van der Waals surface area (Å²) in [6, 6.07) is 6.27. The molecule has 4 nitrogen and oxygen atoms in total. The van der Waals surface area contributed by atoms with E-state index in [1.165, 1.54) is 12.1 Å². The number of halogens is 1. The first-order chi connectivity index (χ1) is 10.1. The number of carbonyl (C=O) groups excluding carboxylic acids is 1. The summed E-state index contributed by atoms with van der Waals surface area (Å²) in [5.41, 5.74) is 0.438. The lowest BCUT2D eigenvalue weighted by molar-refractivity contribution is -0.124. The first-order valence-electron chi connectivity index (χ1n) is 7.13. The summed E-state index contributed by atoms with van der Waals surface area (Å²) in [5.74, 6) is -0.245. The van der Waals surface area contributed by atoms with Crippen molar-refractivity contribution in [2.24, 2.45) is 0 Å². The van der Waals surface area contributed by atoms with Crippen LogP contribution in [0.25, 0.3) is 0 Å². The molecule has 0 unspecified atom stereocenters. The predicted octanol–water partition coefficient (Wildman–Crippen LogP) is 2.26. The summed E-state index contributed by atoms with van der Waals surface area (Å²) >= 11 is 0. The zero-order chi connectivity index (χ0) is 14.9. The van der Waals surface area contributed by atoms with Crippen LogP contribution in [0.15, 0.2) is 43.0 Å². The topological polar surface area (TPSA) is 46.9 Å². The third-order valence-corrected chi connectivity index (χ3v) is 4.00. The molecule has 1 heterocycles. The van der Waals surface area contributed by atoms with Crippen LogP contribution in [0.1, 0.15) is 25.3 Å². The fourth-order valence-electron chi connectivity index (χ4n) is 2.66. The SMILES string of the molecule is C[C@@H](Cn1ccnc1)NC(=O)C1(c2ccc(F)cc2)CC1. The van der Waals surface area contributed by atoms with Crippen molar-refractivity contribution in [3.63, 3.8) is 0 Å². The van der Waals surface area contributed by atoms with Gasteiger partial charge in [0.1, 0.15) is 5.82 Å². The van der Waals surface area contributed by atoms with Gasteiger partial charge in [-0.15, -0.1) is 0 Å². The Labute approximate surface area is 123 Å². The van der Waals surface area contributed by atoms with Crippen molar-refractivity contribution in [1.29, 1.82) is 0 Å². The highest BCUT2D eigenvalue weighted by Crippen LogP contribution is 2.48. The molecule has 1 aliphatic carbocycles. The molecule has 0 saturated heterocycles. The van der Waals surface area contributed by atoms with E-state index < -0.39 is 5.41 Å². The molecular formula is C16H18FN3O. The van der Waals surface area contributed by atoms with E-state index in [1.54, 1.807) is 24.7 Å². The Morgan fingerprint density at radius 1 is 1.43 bits per heavy atom. The molecule has 0 aliphatic heterocycles. The van der Waals surface area contributed by atoms with Crippen LogP contribution in [0.5, 0.6) is 0 Å². The van der Waals surface area contributed by atoms with Crippen molar-refractivity contribution >= 4 is 5.91 Å². The van der Waals surface area contributed by atoms with Crippen LogP contribution in [0.4, 0.5) is 4.39 Å². The molecule has 0 radical (unpaired) electrons. The lowest BCUT2D eigenvalue weighted by Gasteiger charge is -2.20. The standard InChI is InChI=1S/C16H18FN3O/c1-12(10-20-9-8-18-11-20)19-15(21)16(6-7-16)13-2-4-14(17)5-3-13/h2-5,8-9,11-12H,6-7,10H2,1H3,(H,19,21)/t12-/m0/s1. The van der Waals surface area contributed by atoms with Gasteiger partial charge in [-0.05, 0) is 37.5 Å². The molecule has 3 rings (SSSR count). The fourth-order valence-corrected chi connectivity index (χ4v) is 2.66. The molecule has 1 aliphatic rings. The molecule has 21 heavy (non-hydrogen) atoms. The summed E-state index contributed by atoms with van der Waals surface area (Å²) in [4.78, 5) is 16.5. The molecule has 1 aromatic heterocycles. The summed E-state index contributed by atoms with van der Waals surface area (Å²) in [7, 11) is 0. The number of hydrogen-bond acceptors (Lipinski definition) is 2. The van der Waals surface area contributed by atoms with Crippen LogP contribution in [-0.2, 0) is 16.8 Å². The van der Waals surface area contributed by atoms with Crippen LogP contribution in [0, 0.1) is 5.82 Å². The number of carbonyl (C=O) groups is 1. The van der Waals surface area contributed by atoms with Gasteiger partial charge in [0.05, 0.1) is 11.7 Å². The molecule has 1 N–H and O–H groups in total. The molecule has 1 saturated carbocycles. The molecule has 5 heteroatoms. The molecule has 0 spiro atoms. The third kappa shape index (κ3) is 2.82. The van der Waals surface area contributed by atoms with E-state index in [0.29, 0.717) is 6.54 Å². The number of benzene rings is 1. The van der Waals surface area contributed by atoms with Gasteiger partial charge in [0.15, 0.2) is 0 Å². The van der Waals surface area contributed by atoms with E-state index in [4.69, 9.17) is 0 Å². The quantitative estimate of drug-likeness (QED) is 0.917. The van der Waals surface area contributed by atoms with Crippen LogP contribution in [-0.4, -0.2) is 21.5 Å². The number of nitrogens with one attached hydrogen (secondary N) is 1. The average Bonchev–Trinajstić information content (AvgIpc) is 3.12. The maximum absolute atomic E-state index is 13.0. The van der Waals surface area contributed by atoms with Gasteiger partial charge in [-0.1, -0.05) is 12.1 Å².